The fourth-order valence-electron chi connectivity index (χ4n) is 2.73. The van der Waals surface area contributed by atoms with Crippen LogP contribution in [0.25, 0.3) is 0 Å². The molecule has 2 N–H and O–H groups in total. The molecule has 0 radical (unpaired) electrons. The molecule has 1 amide bonds. The maximum absolute atomic E-state index is 12.0. The van der Waals surface area contributed by atoms with Crippen LogP contribution in [-0.2, 0) is 17.6 Å². The summed E-state index contributed by atoms with van der Waals surface area (Å²) in [6.07, 6.45) is 5.22. The monoisotopic (exact) mass is 346 g/mol. The summed E-state index contributed by atoms with van der Waals surface area (Å²) in [5.41, 5.74) is -0.977. The molecule has 0 aromatic carbocycles. The molecule has 1 aliphatic rings. The molecule has 3 heterocycles. The Hall–Kier alpha value is -2.55. The van der Waals surface area contributed by atoms with Gasteiger partial charge in [0.05, 0.1) is 6.54 Å². The number of aromatic nitrogens is 4. The highest BCUT2D eigenvalue weighted by Gasteiger charge is 2.37. The summed E-state index contributed by atoms with van der Waals surface area (Å²) in [5.74, 6) is 1.53. The topological polar surface area (TPSA) is 117 Å². The van der Waals surface area contributed by atoms with Crippen LogP contribution in [-0.4, -0.2) is 56.4 Å². The Kier molecular flexibility index (Phi) is 5.22. The van der Waals surface area contributed by atoms with Crippen molar-refractivity contribution in [1.29, 1.82) is 0 Å². The number of rotatable bonds is 7. The van der Waals surface area contributed by atoms with Crippen LogP contribution >= 0.6 is 0 Å². The van der Waals surface area contributed by atoms with Gasteiger partial charge < -0.3 is 19.8 Å². The fourth-order valence-corrected chi connectivity index (χ4v) is 2.73. The number of aliphatic hydroxyl groups is 1. The van der Waals surface area contributed by atoms with E-state index in [-0.39, 0.29) is 18.9 Å². The molecule has 3 rings (SSSR count). The van der Waals surface area contributed by atoms with Crippen LogP contribution in [0.4, 0.5) is 5.95 Å². The van der Waals surface area contributed by atoms with Crippen LogP contribution < -0.4 is 10.2 Å². The minimum absolute atomic E-state index is 0.154. The van der Waals surface area contributed by atoms with Crippen molar-refractivity contribution in [3.8, 4) is 0 Å². The number of β-amino-alcohol motifs (C(OH)–C–C–N with tert-alkyl or cyclic N) is 1. The molecule has 0 spiro atoms. The van der Waals surface area contributed by atoms with Crippen molar-refractivity contribution >= 4 is 11.9 Å². The van der Waals surface area contributed by atoms with E-state index < -0.39 is 5.60 Å². The van der Waals surface area contributed by atoms with Crippen molar-refractivity contribution in [3.05, 3.63) is 30.2 Å². The van der Waals surface area contributed by atoms with Crippen LogP contribution in [0, 0.1) is 0 Å². The second kappa shape index (κ2) is 7.56. The number of nitrogens with one attached hydrogen (secondary N) is 1. The van der Waals surface area contributed by atoms with Gasteiger partial charge in [0, 0.05) is 44.7 Å². The van der Waals surface area contributed by atoms with Gasteiger partial charge in [-0.2, -0.15) is 4.98 Å². The van der Waals surface area contributed by atoms with E-state index >= 15 is 0 Å². The van der Waals surface area contributed by atoms with Gasteiger partial charge in [-0.15, -0.1) is 0 Å². The minimum atomic E-state index is -0.977. The van der Waals surface area contributed by atoms with Crippen LogP contribution in [0.15, 0.2) is 23.0 Å². The molecule has 134 valence electrons. The van der Waals surface area contributed by atoms with E-state index in [0.717, 1.165) is 0 Å². The number of carbonyl (C=O) groups excluding carboxylic acids is 1. The maximum atomic E-state index is 12.0. The van der Waals surface area contributed by atoms with Crippen LogP contribution in [0.1, 0.15) is 31.5 Å². The van der Waals surface area contributed by atoms with Crippen LogP contribution in [0.3, 0.4) is 0 Å². The first-order chi connectivity index (χ1) is 12.1. The van der Waals surface area contributed by atoms with Crippen molar-refractivity contribution in [2.75, 3.05) is 24.5 Å². The molecular weight excluding hydrogens is 324 g/mol. The predicted molar refractivity (Wildman–Crippen MR) is 88.8 cm³/mol. The summed E-state index contributed by atoms with van der Waals surface area (Å²) in [5, 5.41) is 17.2. The molecule has 0 bridgehead atoms. The molecule has 1 aliphatic heterocycles. The lowest BCUT2D eigenvalue weighted by atomic mass is 10.0. The quantitative estimate of drug-likeness (QED) is 0.725. The molecule has 0 saturated carbocycles. The van der Waals surface area contributed by atoms with Crippen molar-refractivity contribution in [2.24, 2.45) is 0 Å². The third-order valence-corrected chi connectivity index (χ3v) is 4.17. The lowest BCUT2D eigenvalue weighted by Crippen LogP contribution is -2.45. The van der Waals surface area contributed by atoms with E-state index in [2.05, 4.69) is 25.4 Å². The van der Waals surface area contributed by atoms with Gasteiger partial charge in [0.2, 0.25) is 17.7 Å². The summed E-state index contributed by atoms with van der Waals surface area (Å²) in [4.78, 5) is 26.4. The number of amides is 1. The largest absolute Gasteiger partial charge is 0.386 e. The standard InChI is InChI=1S/C16H22N6O3/c1-2-12-20-14(25-21-12)5-4-13(23)19-10-16(24)6-9-22(11-16)15-17-7-3-8-18-15/h3,7-8,24H,2,4-6,9-11H2,1H3,(H,19,23)/t16-/m1/s1. The highest BCUT2D eigenvalue weighted by molar-refractivity contribution is 5.76. The lowest BCUT2D eigenvalue weighted by Gasteiger charge is -2.23. The van der Waals surface area contributed by atoms with E-state index in [1.807, 2.05) is 11.8 Å². The summed E-state index contributed by atoms with van der Waals surface area (Å²) >= 11 is 0. The van der Waals surface area contributed by atoms with Gasteiger partial charge in [-0.05, 0) is 12.5 Å². The molecule has 9 heteroatoms. The molecule has 1 saturated heterocycles. The second-order valence-corrected chi connectivity index (χ2v) is 6.18. The van der Waals surface area contributed by atoms with Crippen molar-refractivity contribution in [2.45, 2.75) is 38.2 Å². The van der Waals surface area contributed by atoms with E-state index in [1.165, 1.54) is 0 Å². The molecule has 1 atom stereocenters. The number of hydrogen-bond acceptors (Lipinski definition) is 8. The Balaban J connectivity index is 1.44. The molecular formula is C16H22N6O3. The fraction of sp³-hybridized carbons (Fsp3) is 0.562. The van der Waals surface area contributed by atoms with Gasteiger partial charge in [0.25, 0.3) is 0 Å². The van der Waals surface area contributed by atoms with Crippen molar-refractivity contribution < 1.29 is 14.4 Å². The molecule has 1 fully saturated rings. The first kappa shape index (κ1) is 17.3. The average Bonchev–Trinajstić information content (AvgIpc) is 3.26. The second-order valence-electron chi connectivity index (χ2n) is 6.18. The van der Waals surface area contributed by atoms with E-state index in [1.54, 1.807) is 18.5 Å². The molecule has 9 nitrogen and oxygen atoms in total. The third kappa shape index (κ3) is 4.50. The van der Waals surface area contributed by atoms with Gasteiger partial charge in [-0.3, -0.25) is 4.79 Å². The molecule has 25 heavy (non-hydrogen) atoms. The SMILES string of the molecule is CCc1noc(CCC(=O)NC[C@]2(O)CCN(c3ncccn3)C2)n1. The number of aryl methyl sites for hydroxylation is 2. The smallest absolute Gasteiger partial charge is 0.227 e. The highest BCUT2D eigenvalue weighted by atomic mass is 16.5. The van der Waals surface area contributed by atoms with Crippen molar-refractivity contribution in [1.82, 2.24) is 25.4 Å². The van der Waals surface area contributed by atoms with E-state index in [0.29, 0.717) is 50.0 Å². The zero-order chi connectivity index (χ0) is 17.7. The van der Waals surface area contributed by atoms with E-state index in [4.69, 9.17) is 4.52 Å². The molecule has 0 aliphatic carbocycles. The number of hydrogen-bond donors (Lipinski definition) is 2. The zero-order valence-electron chi connectivity index (χ0n) is 14.2. The summed E-state index contributed by atoms with van der Waals surface area (Å²) < 4.78 is 5.06. The maximum Gasteiger partial charge on any atom is 0.227 e. The zero-order valence-corrected chi connectivity index (χ0v) is 14.2. The van der Waals surface area contributed by atoms with Gasteiger partial charge in [-0.1, -0.05) is 12.1 Å². The molecule has 2 aromatic rings. The summed E-state index contributed by atoms with van der Waals surface area (Å²) in [6, 6.07) is 1.75. The first-order valence-corrected chi connectivity index (χ1v) is 8.40. The Morgan fingerprint density at radius 3 is 2.96 bits per heavy atom. The van der Waals surface area contributed by atoms with Gasteiger partial charge in [-0.25, -0.2) is 9.97 Å². The van der Waals surface area contributed by atoms with Gasteiger partial charge >= 0.3 is 0 Å². The van der Waals surface area contributed by atoms with Crippen LogP contribution in [0.2, 0.25) is 0 Å². The lowest BCUT2D eigenvalue weighted by molar-refractivity contribution is -0.122. The Bertz CT molecular complexity index is 707. The minimum Gasteiger partial charge on any atom is -0.386 e. The first-order valence-electron chi connectivity index (χ1n) is 8.40. The normalized spacial score (nSPS) is 20.0. The Morgan fingerprint density at radius 2 is 2.24 bits per heavy atom. The van der Waals surface area contributed by atoms with Crippen LogP contribution in [0.5, 0.6) is 0 Å². The molecule has 0 unspecified atom stereocenters. The predicted octanol–water partition coefficient (Wildman–Crippen LogP) is 0.112. The van der Waals surface area contributed by atoms with E-state index in [9.17, 15) is 9.90 Å². The third-order valence-electron chi connectivity index (χ3n) is 4.17. The Morgan fingerprint density at radius 1 is 1.44 bits per heavy atom. The number of carbonyl (C=O) groups is 1. The average molecular weight is 346 g/mol. The molecule has 2 aromatic heterocycles. The Labute approximate surface area is 145 Å². The number of anilines is 1. The van der Waals surface area contributed by atoms with Crippen molar-refractivity contribution in [3.63, 3.8) is 0 Å². The van der Waals surface area contributed by atoms with Gasteiger partial charge in [0.15, 0.2) is 5.82 Å². The summed E-state index contributed by atoms with van der Waals surface area (Å²) in [7, 11) is 0. The van der Waals surface area contributed by atoms with Gasteiger partial charge in [0.1, 0.15) is 5.60 Å². The summed E-state index contributed by atoms with van der Waals surface area (Å²) in [6.45, 7) is 3.17. The highest BCUT2D eigenvalue weighted by Crippen LogP contribution is 2.23. The number of nitrogens with zero attached hydrogens (tertiary/aromatic N) is 5.